The first kappa shape index (κ1) is 11.2. The number of nitrogens with zero attached hydrogens (tertiary/aromatic N) is 1. The number of pyridine rings is 1. The van der Waals surface area contributed by atoms with E-state index in [9.17, 15) is 0 Å². The summed E-state index contributed by atoms with van der Waals surface area (Å²) >= 11 is 0. The van der Waals surface area contributed by atoms with Gasteiger partial charge in [-0.1, -0.05) is 33.8 Å². The molecule has 78 valence electrons. The average molecular weight is 191 g/mol. The Balaban J connectivity index is 2.89. The van der Waals surface area contributed by atoms with Gasteiger partial charge in [0.05, 0.1) is 0 Å². The monoisotopic (exact) mass is 191 g/mol. The van der Waals surface area contributed by atoms with Crippen molar-refractivity contribution in [3.8, 4) is 0 Å². The van der Waals surface area contributed by atoms with Crippen molar-refractivity contribution >= 4 is 0 Å². The molecule has 1 heteroatoms. The Bertz CT molecular complexity index is 255. The number of aromatic nitrogens is 1. The summed E-state index contributed by atoms with van der Waals surface area (Å²) in [5, 5.41) is 0. The van der Waals surface area contributed by atoms with Gasteiger partial charge >= 0.3 is 0 Å². The Morgan fingerprint density at radius 2 is 1.43 bits per heavy atom. The molecule has 2 unspecified atom stereocenters. The molecule has 2 atom stereocenters. The highest BCUT2D eigenvalue weighted by molar-refractivity contribution is 5.23. The topological polar surface area (TPSA) is 12.9 Å². The summed E-state index contributed by atoms with van der Waals surface area (Å²) in [5.74, 6) is 1.26. The van der Waals surface area contributed by atoms with Crippen molar-refractivity contribution in [2.45, 2.75) is 52.4 Å². The standard InChI is InChI=1S/C13H21N/c1-5-10(3)12-7-13(9-14-8-12)11(4)6-2/h7-11H,5-6H2,1-4H3. The molecule has 0 saturated carbocycles. The largest absolute Gasteiger partial charge is 0.264 e. The third-order valence-electron chi connectivity index (χ3n) is 3.14. The van der Waals surface area contributed by atoms with Crippen molar-refractivity contribution in [3.05, 3.63) is 29.6 Å². The molecule has 14 heavy (non-hydrogen) atoms. The van der Waals surface area contributed by atoms with Crippen molar-refractivity contribution in [2.24, 2.45) is 0 Å². The van der Waals surface area contributed by atoms with Crippen LogP contribution in [-0.2, 0) is 0 Å². The molecular weight excluding hydrogens is 170 g/mol. The van der Waals surface area contributed by atoms with Crippen molar-refractivity contribution in [3.63, 3.8) is 0 Å². The van der Waals surface area contributed by atoms with Crippen LogP contribution in [0, 0.1) is 0 Å². The lowest BCUT2D eigenvalue weighted by atomic mass is 9.94. The molecule has 1 aromatic rings. The minimum Gasteiger partial charge on any atom is -0.264 e. The number of rotatable bonds is 4. The van der Waals surface area contributed by atoms with Crippen LogP contribution in [0.4, 0.5) is 0 Å². The molecule has 0 aromatic carbocycles. The second-order valence-electron chi connectivity index (χ2n) is 4.17. The summed E-state index contributed by atoms with van der Waals surface area (Å²) in [4.78, 5) is 4.32. The van der Waals surface area contributed by atoms with E-state index < -0.39 is 0 Å². The van der Waals surface area contributed by atoms with E-state index in [1.54, 1.807) is 0 Å². The molecule has 1 rings (SSSR count). The fourth-order valence-corrected chi connectivity index (χ4v) is 1.49. The molecule has 0 N–H and O–H groups in total. The van der Waals surface area contributed by atoms with Gasteiger partial charge in [0.2, 0.25) is 0 Å². The van der Waals surface area contributed by atoms with Gasteiger partial charge in [-0.25, -0.2) is 0 Å². The van der Waals surface area contributed by atoms with Gasteiger partial charge in [-0.15, -0.1) is 0 Å². The van der Waals surface area contributed by atoms with Crippen LogP contribution in [0.2, 0.25) is 0 Å². The lowest BCUT2D eigenvalue weighted by Crippen LogP contribution is -1.97. The predicted molar refractivity (Wildman–Crippen MR) is 61.6 cm³/mol. The van der Waals surface area contributed by atoms with Crippen molar-refractivity contribution in [1.29, 1.82) is 0 Å². The maximum Gasteiger partial charge on any atom is 0.0302 e. The van der Waals surface area contributed by atoms with Crippen molar-refractivity contribution in [2.75, 3.05) is 0 Å². The second kappa shape index (κ2) is 5.14. The van der Waals surface area contributed by atoms with E-state index in [0.717, 1.165) is 0 Å². The maximum absolute atomic E-state index is 4.32. The molecule has 0 aliphatic rings. The van der Waals surface area contributed by atoms with Crippen LogP contribution >= 0.6 is 0 Å². The van der Waals surface area contributed by atoms with Gasteiger partial charge < -0.3 is 0 Å². The smallest absolute Gasteiger partial charge is 0.0302 e. The van der Waals surface area contributed by atoms with Gasteiger partial charge in [0, 0.05) is 12.4 Å². The van der Waals surface area contributed by atoms with E-state index in [2.05, 4.69) is 38.7 Å². The Morgan fingerprint density at radius 3 is 1.79 bits per heavy atom. The van der Waals surface area contributed by atoms with Crippen LogP contribution in [0.1, 0.15) is 63.5 Å². The third-order valence-corrected chi connectivity index (χ3v) is 3.14. The molecule has 1 heterocycles. The first-order valence-corrected chi connectivity index (χ1v) is 5.63. The van der Waals surface area contributed by atoms with Crippen LogP contribution in [0.15, 0.2) is 18.5 Å². The van der Waals surface area contributed by atoms with Gasteiger partial charge in [-0.2, -0.15) is 0 Å². The van der Waals surface area contributed by atoms with Crippen molar-refractivity contribution in [1.82, 2.24) is 4.98 Å². The molecule has 0 saturated heterocycles. The SMILES string of the molecule is CCC(C)c1cncc(C(C)CC)c1. The summed E-state index contributed by atoms with van der Waals surface area (Å²) in [6.07, 6.45) is 6.37. The highest BCUT2D eigenvalue weighted by Gasteiger charge is 2.07. The van der Waals surface area contributed by atoms with Crippen LogP contribution in [0.25, 0.3) is 0 Å². The Morgan fingerprint density at radius 1 is 1.00 bits per heavy atom. The second-order valence-corrected chi connectivity index (χ2v) is 4.17. The van der Waals surface area contributed by atoms with E-state index in [-0.39, 0.29) is 0 Å². The first-order chi connectivity index (χ1) is 6.69. The zero-order valence-electron chi connectivity index (χ0n) is 9.75. The average Bonchev–Trinajstić information content (AvgIpc) is 2.27. The van der Waals surface area contributed by atoms with E-state index in [4.69, 9.17) is 0 Å². The van der Waals surface area contributed by atoms with Gasteiger partial charge in [0.1, 0.15) is 0 Å². The van der Waals surface area contributed by atoms with Crippen LogP contribution in [0.5, 0.6) is 0 Å². The van der Waals surface area contributed by atoms with E-state index >= 15 is 0 Å². The van der Waals surface area contributed by atoms with E-state index in [1.165, 1.54) is 24.0 Å². The number of hydrogen-bond donors (Lipinski definition) is 0. The van der Waals surface area contributed by atoms with E-state index in [0.29, 0.717) is 11.8 Å². The number of hydrogen-bond acceptors (Lipinski definition) is 1. The summed E-state index contributed by atoms with van der Waals surface area (Å²) in [7, 11) is 0. The minimum atomic E-state index is 0.631. The van der Waals surface area contributed by atoms with E-state index in [1.807, 2.05) is 12.4 Å². The fraction of sp³-hybridized carbons (Fsp3) is 0.615. The molecule has 0 spiro atoms. The van der Waals surface area contributed by atoms with Gasteiger partial charge in [0.25, 0.3) is 0 Å². The van der Waals surface area contributed by atoms with Gasteiger partial charge in [-0.3, -0.25) is 4.98 Å². The predicted octanol–water partition coefficient (Wildman–Crippen LogP) is 4.11. The van der Waals surface area contributed by atoms with Gasteiger partial charge in [-0.05, 0) is 35.8 Å². The van der Waals surface area contributed by atoms with Gasteiger partial charge in [0.15, 0.2) is 0 Å². The van der Waals surface area contributed by atoms with Crippen molar-refractivity contribution < 1.29 is 0 Å². The Hall–Kier alpha value is -0.850. The third kappa shape index (κ3) is 2.57. The highest BCUT2D eigenvalue weighted by atomic mass is 14.6. The van der Waals surface area contributed by atoms with Crippen LogP contribution in [0.3, 0.4) is 0 Å². The molecular formula is C13H21N. The molecule has 0 radical (unpaired) electrons. The fourth-order valence-electron chi connectivity index (χ4n) is 1.49. The molecule has 0 fully saturated rings. The van der Waals surface area contributed by atoms with Crippen LogP contribution < -0.4 is 0 Å². The zero-order chi connectivity index (χ0) is 10.6. The Labute approximate surface area is 87.6 Å². The molecule has 1 aromatic heterocycles. The van der Waals surface area contributed by atoms with Crippen LogP contribution in [-0.4, -0.2) is 4.98 Å². The summed E-state index contributed by atoms with van der Waals surface area (Å²) < 4.78 is 0. The quantitative estimate of drug-likeness (QED) is 0.698. The lowest BCUT2D eigenvalue weighted by Gasteiger charge is -2.13. The summed E-state index contributed by atoms with van der Waals surface area (Å²) in [6.45, 7) is 8.97. The summed E-state index contributed by atoms with van der Waals surface area (Å²) in [5.41, 5.74) is 2.76. The minimum absolute atomic E-state index is 0.631. The Kier molecular flexibility index (Phi) is 4.12. The summed E-state index contributed by atoms with van der Waals surface area (Å²) in [6, 6.07) is 2.31. The lowest BCUT2D eigenvalue weighted by molar-refractivity contribution is 0.704. The molecule has 0 aliphatic carbocycles. The first-order valence-electron chi connectivity index (χ1n) is 5.63. The normalized spacial score (nSPS) is 15.1. The maximum atomic E-state index is 4.32. The highest BCUT2D eigenvalue weighted by Crippen LogP contribution is 2.23. The molecule has 0 amide bonds. The zero-order valence-corrected chi connectivity index (χ0v) is 9.75. The molecule has 0 bridgehead atoms. The molecule has 0 aliphatic heterocycles. The molecule has 1 nitrogen and oxygen atoms in total.